The van der Waals surface area contributed by atoms with Gasteiger partial charge in [-0.2, -0.15) is 5.10 Å². The van der Waals surface area contributed by atoms with Gasteiger partial charge in [-0.3, -0.25) is 9.48 Å². The molecular formula is C13H20N4O. The predicted molar refractivity (Wildman–Crippen MR) is 70.7 cm³/mol. The van der Waals surface area contributed by atoms with Crippen molar-refractivity contribution in [1.82, 2.24) is 9.78 Å². The smallest absolute Gasteiger partial charge is 0.247 e. The van der Waals surface area contributed by atoms with E-state index < -0.39 is 0 Å². The number of carbonyl (C=O) groups is 1. The second-order valence-electron chi connectivity index (χ2n) is 5.41. The number of carbonyl (C=O) groups excluding carboxylic acids is 1. The fourth-order valence-electron chi connectivity index (χ4n) is 3.22. The summed E-state index contributed by atoms with van der Waals surface area (Å²) in [6.45, 7) is 5.24. The van der Waals surface area contributed by atoms with Crippen molar-refractivity contribution < 1.29 is 4.79 Å². The third-order valence-electron chi connectivity index (χ3n) is 4.07. The van der Waals surface area contributed by atoms with Crippen molar-refractivity contribution in [3.05, 3.63) is 5.69 Å². The van der Waals surface area contributed by atoms with Gasteiger partial charge in [0, 0.05) is 13.6 Å². The molecule has 2 aliphatic rings. The first kappa shape index (κ1) is 11.6. The highest BCUT2D eigenvalue weighted by Gasteiger charge is 2.43. The van der Waals surface area contributed by atoms with Crippen molar-refractivity contribution >= 4 is 17.4 Å². The van der Waals surface area contributed by atoms with E-state index in [9.17, 15) is 4.79 Å². The number of fused-ring (bicyclic) bond motifs is 3. The summed E-state index contributed by atoms with van der Waals surface area (Å²) >= 11 is 0. The number of amides is 1. The lowest BCUT2D eigenvalue weighted by molar-refractivity contribution is -0.118. The quantitative estimate of drug-likeness (QED) is 0.863. The lowest BCUT2D eigenvalue weighted by Gasteiger charge is -2.32. The predicted octanol–water partition coefficient (Wildman–Crippen LogP) is 1.54. The SMILES string of the molecule is CCCc1nn(C)c2c1NC(=O)C1C(C)CCN21. The largest absolute Gasteiger partial charge is 0.343 e. The van der Waals surface area contributed by atoms with E-state index in [2.05, 4.69) is 29.2 Å². The maximum atomic E-state index is 12.2. The summed E-state index contributed by atoms with van der Waals surface area (Å²) in [5, 5.41) is 7.63. The standard InChI is InChI=1S/C13H20N4O/c1-4-5-9-10-13(16(3)15-9)17-7-6-8(2)11(17)12(18)14-10/h8,11H,4-7H2,1-3H3,(H,14,18). The van der Waals surface area contributed by atoms with Crippen LogP contribution in [0.3, 0.4) is 0 Å². The van der Waals surface area contributed by atoms with Crippen LogP contribution < -0.4 is 10.2 Å². The topological polar surface area (TPSA) is 50.2 Å². The van der Waals surface area contributed by atoms with E-state index in [1.54, 1.807) is 0 Å². The Morgan fingerprint density at radius 3 is 3.00 bits per heavy atom. The third-order valence-corrected chi connectivity index (χ3v) is 4.07. The molecule has 2 atom stereocenters. The third kappa shape index (κ3) is 1.46. The normalized spacial score (nSPS) is 25.9. The molecule has 2 unspecified atom stereocenters. The molecule has 3 heterocycles. The number of hydrogen-bond acceptors (Lipinski definition) is 3. The Hall–Kier alpha value is -1.52. The molecular weight excluding hydrogens is 228 g/mol. The maximum absolute atomic E-state index is 12.2. The molecule has 1 aromatic heterocycles. The summed E-state index contributed by atoms with van der Waals surface area (Å²) in [6, 6.07) is -0.0117. The average molecular weight is 248 g/mol. The second kappa shape index (κ2) is 4.00. The van der Waals surface area contributed by atoms with E-state index in [-0.39, 0.29) is 11.9 Å². The van der Waals surface area contributed by atoms with Crippen LogP contribution in [0, 0.1) is 5.92 Å². The number of aryl methyl sites for hydroxylation is 2. The zero-order chi connectivity index (χ0) is 12.9. The number of nitrogens with zero attached hydrogens (tertiary/aromatic N) is 3. The van der Waals surface area contributed by atoms with Crippen LogP contribution in [0.2, 0.25) is 0 Å². The highest BCUT2D eigenvalue weighted by molar-refractivity contribution is 6.04. The zero-order valence-corrected chi connectivity index (χ0v) is 11.2. The fourth-order valence-corrected chi connectivity index (χ4v) is 3.22. The van der Waals surface area contributed by atoms with Gasteiger partial charge in [0.1, 0.15) is 11.7 Å². The molecule has 1 amide bonds. The molecule has 0 aromatic carbocycles. The Morgan fingerprint density at radius 1 is 1.50 bits per heavy atom. The van der Waals surface area contributed by atoms with Gasteiger partial charge in [0.15, 0.2) is 5.82 Å². The molecule has 1 N–H and O–H groups in total. The Kier molecular flexibility index (Phi) is 2.57. The first-order valence-corrected chi connectivity index (χ1v) is 6.76. The first-order chi connectivity index (χ1) is 8.63. The molecule has 1 fully saturated rings. The summed E-state index contributed by atoms with van der Waals surface area (Å²) < 4.78 is 1.92. The van der Waals surface area contributed by atoms with Crippen LogP contribution in [0.15, 0.2) is 0 Å². The Morgan fingerprint density at radius 2 is 2.28 bits per heavy atom. The fraction of sp³-hybridized carbons (Fsp3) is 0.692. The lowest BCUT2D eigenvalue weighted by Crippen LogP contribution is -2.47. The zero-order valence-electron chi connectivity index (χ0n) is 11.2. The number of rotatable bonds is 2. The van der Waals surface area contributed by atoms with Crippen molar-refractivity contribution in [2.24, 2.45) is 13.0 Å². The van der Waals surface area contributed by atoms with Gasteiger partial charge in [-0.25, -0.2) is 0 Å². The van der Waals surface area contributed by atoms with Gasteiger partial charge in [0.25, 0.3) is 0 Å². The van der Waals surface area contributed by atoms with E-state index in [4.69, 9.17) is 0 Å². The summed E-state index contributed by atoms with van der Waals surface area (Å²) in [6.07, 6.45) is 3.03. The van der Waals surface area contributed by atoms with Gasteiger partial charge in [-0.15, -0.1) is 0 Å². The number of anilines is 2. The van der Waals surface area contributed by atoms with E-state index in [1.165, 1.54) is 0 Å². The number of hydrogen-bond donors (Lipinski definition) is 1. The summed E-state index contributed by atoms with van der Waals surface area (Å²) in [5.41, 5.74) is 1.95. The van der Waals surface area contributed by atoms with Crippen molar-refractivity contribution in [3.8, 4) is 0 Å². The minimum Gasteiger partial charge on any atom is -0.343 e. The molecule has 98 valence electrons. The van der Waals surface area contributed by atoms with Gasteiger partial charge in [0.05, 0.1) is 5.69 Å². The van der Waals surface area contributed by atoms with Crippen LogP contribution in [0.1, 0.15) is 32.4 Å². The van der Waals surface area contributed by atoms with Crippen molar-refractivity contribution in [1.29, 1.82) is 0 Å². The van der Waals surface area contributed by atoms with Gasteiger partial charge >= 0.3 is 0 Å². The van der Waals surface area contributed by atoms with E-state index in [0.717, 1.165) is 43.0 Å². The summed E-state index contributed by atoms with van der Waals surface area (Å²) in [7, 11) is 1.97. The van der Waals surface area contributed by atoms with Gasteiger partial charge in [-0.1, -0.05) is 20.3 Å². The number of nitrogens with one attached hydrogen (secondary N) is 1. The monoisotopic (exact) mass is 248 g/mol. The van der Waals surface area contributed by atoms with Gasteiger partial charge in [-0.05, 0) is 18.8 Å². The van der Waals surface area contributed by atoms with Crippen LogP contribution in [0.5, 0.6) is 0 Å². The molecule has 0 bridgehead atoms. The molecule has 0 saturated carbocycles. The average Bonchev–Trinajstić information content (AvgIpc) is 2.83. The van der Waals surface area contributed by atoms with Crippen LogP contribution in [-0.4, -0.2) is 28.3 Å². The molecule has 0 aliphatic carbocycles. The molecule has 1 saturated heterocycles. The van der Waals surface area contributed by atoms with Crippen molar-refractivity contribution in [2.45, 2.75) is 39.2 Å². The van der Waals surface area contributed by atoms with Crippen molar-refractivity contribution in [2.75, 3.05) is 16.8 Å². The van der Waals surface area contributed by atoms with Crippen LogP contribution >= 0.6 is 0 Å². The molecule has 3 rings (SSSR count). The number of aromatic nitrogens is 2. The Bertz CT molecular complexity index is 493. The summed E-state index contributed by atoms with van der Waals surface area (Å²) in [4.78, 5) is 14.5. The van der Waals surface area contributed by atoms with Crippen molar-refractivity contribution in [3.63, 3.8) is 0 Å². The molecule has 0 spiro atoms. The highest BCUT2D eigenvalue weighted by Crippen LogP contribution is 2.40. The van der Waals surface area contributed by atoms with Crippen LogP contribution in [-0.2, 0) is 18.3 Å². The Balaban J connectivity index is 2.07. The molecule has 5 nitrogen and oxygen atoms in total. The second-order valence-corrected chi connectivity index (χ2v) is 5.41. The molecule has 18 heavy (non-hydrogen) atoms. The molecule has 1 aromatic rings. The van der Waals surface area contributed by atoms with Crippen LogP contribution in [0.25, 0.3) is 0 Å². The summed E-state index contributed by atoms with van der Waals surface area (Å²) in [5.74, 6) is 1.65. The first-order valence-electron chi connectivity index (χ1n) is 6.76. The van der Waals surface area contributed by atoms with Crippen LogP contribution in [0.4, 0.5) is 11.5 Å². The van der Waals surface area contributed by atoms with E-state index in [1.807, 2.05) is 11.7 Å². The lowest BCUT2D eigenvalue weighted by atomic mass is 10.0. The molecule has 2 aliphatic heterocycles. The van der Waals surface area contributed by atoms with E-state index in [0.29, 0.717) is 5.92 Å². The Labute approximate surface area is 107 Å². The minimum absolute atomic E-state index is 0.0117. The highest BCUT2D eigenvalue weighted by atomic mass is 16.2. The van der Waals surface area contributed by atoms with Gasteiger partial charge < -0.3 is 10.2 Å². The van der Waals surface area contributed by atoms with E-state index >= 15 is 0 Å². The maximum Gasteiger partial charge on any atom is 0.247 e. The van der Waals surface area contributed by atoms with Gasteiger partial charge in [0.2, 0.25) is 5.91 Å². The molecule has 0 radical (unpaired) electrons. The molecule has 5 heteroatoms. The minimum atomic E-state index is -0.0117.